The average Bonchev–Trinajstić information content (AvgIpc) is 3.16. The van der Waals surface area contributed by atoms with Gasteiger partial charge in [0.15, 0.2) is 0 Å². The van der Waals surface area contributed by atoms with E-state index < -0.39 is 22.0 Å². The molecule has 0 aliphatic rings. The lowest BCUT2D eigenvalue weighted by molar-refractivity contribution is -0.116. The van der Waals surface area contributed by atoms with Crippen LogP contribution in [0.4, 0.5) is 10.8 Å². The highest BCUT2D eigenvalue weighted by atomic mass is 35.5. The maximum Gasteiger partial charge on any atom is 0.249 e. The van der Waals surface area contributed by atoms with Crippen LogP contribution in [-0.4, -0.2) is 36.8 Å². The smallest absolute Gasteiger partial charge is 0.249 e. The number of halogens is 1. The Morgan fingerprint density at radius 3 is 2.33 bits per heavy atom. The van der Waals surface area contributed by atoms with Gasteiger partial charge in [-0.3, -0.25) is 14.4 Å². The van der Waals surface area contributed by atoms with E-state index in [0.29, 0.717) is 15.7 Å². The van der Waals surface area contributed by atoms with Crippen molar-refractivity contribution < 1.29 is 13.2 Å². The summed E-state index contributed by atoms with van der Waals surface area (Å²) in [5, 5.41) is 12.2. The fourth-order valence-corrected chi connectivity index (χ4v) is 4.93. The topological polar surface area (TPSA) is 92.3 Å². The Kier molecular flexibility index (Phi) is 6.74. The van der Waals surface area contributed by atoms with E-state index >= 15 is 0 Å². The molecule has 0 saturated carbocycles. The van der Waals surface area contributed by atoms with Crippen LogP contribution in [0.3, 0.4) is 0 Å². The van der Waals surface area contributed by atoms with Crippen molar-refractivity contribution in [3.63, 3.8) is 0 Å². The minimum Gasteiger partial charge on any atom is -0.299 e. The molecule has 7 nitrogen and oxygen atoms in total. The summed E-state index contributed by atoms with van der Waals surface area (Å²) in [4.78, 5) is 12.8. The first kappa shape index (κ1) is 22.2. The lowest BCUT2D eigenvalue weighted by atomic mass is 10.1. The Hall–Kier alpha value is -2.49. The van der Waals surface area contributed by atoms with Gasteiger partial charge < -0.3 is 0 Å². The van der Waals surface area contributed by atoms with Crippen LogP contribution < -0.4 is 9.62 Å². The van der Waals surface area contributed by atoms with Gasteiger partial charge in [0.1, 0.15) is 11.0 Å². The minimum atomic E-state index is -3.69. The van der Waals surface area contributed by atoms with Gasteiger partial charge in [-0.2, -0.15) is 0 Å². The highest BCUT2D eigenvalue weighted by molar-refractivity contribution is 7.92. The van der Waals surface area contributed by atoms with E-state index in [2.05, 4.69) is 15.5 Å². The molecule has 3 rings (SSSR count). The standard InChI is InChI=1S/C20H21ClN4O3S2/c1-4-14-5-11-17(12-6-14)25(30(3,27)28)13(2)18(26)22-20-24-23-19(29-20)15-7-9-16(21)10-8-15/h5-13H,4H2,1-3H3,(H,22,24,26)/t13-/m1/s1. The lowest BCUT2D eigenvalue weighted by Crippen LogP contribution is -2.45. The quantitative estimate of drug-likeness (QED) is 0.565. The predicted octanol–water partition coefficient (Wildman–Crippen LogP) is 4.21. The summed E-state index contributed by atoms with van der Waals surface area (Å²) >= 11 is 7.09. The van der Waals surface area contributed by atoms with Gasteiger partial charge in [0.2, 0.25) is 21.1 Å². The Bertz CT molecular complexity index is 1130. The third kappa shape index (κ3) is 5.16. The molecule has 0 aliphatic heterocycles. The molecule has 0 spiro atoms. The fourth-order valence-electron chi connectivity index (χ4n) is 2.88. The van der Waals surface area contributed by atoms with Crippen molar-refractivity contribution >= 4 is 49.7 Å². The van der Waals surface area contributed by atoms with Gasteiger partial charge in [0, 0.05) is 10.6 Å². The van der Waals surface area contributed by atoms with E-state index in [1.807, 2.05) is 31.2 Å². The lowest BCUT2D eigenvalue weighted by Gasteiger charge is -2.28. The van der Waals surface area contributed by atoms with Crippen LogP contribution in [0.5, 0.6) is 0 Å². The number of carbonyl (C=O) groups is 1. The van der Waals surface area contributed by atoms with Gasteiger partial charge in [0.05, 0.1) is 11.9 Å². The zero-order chi connectivity index (χ0) is 21.9. The van der Waals surface area contributed by atoms with Crippen LogP contribution >= 0.6 is 22.9 Å². The molecule has 1 amide bonds. The van der Waals surface area contributed by atoms with E-state index in [0.717, 1.165) is 28.1 Å². The van der Waals surface area contributed by atoms with Crippen LogP contribution in [0, 0.1) is 0 Å². The number of aryl methyl sites for hydroxylation is 1. The number of hydrogen-bond acceptors (Lipinski definition) is 6. The van der Waals surface area contributed by atoms with Crippen molar-refractivity contribution in [1.29, 1.82) is 0 Å². The number of sulfonamides is 1. The highest BCUT2D eigenvalue weighted by Gasteiger charge is 2.29. The van der Waals surface area contributed by atoms with Gasteiger partial charge in [-0.25, -0.2) is 8.42 Å². The second kappa shape index (κ2) is 9.11. The summed E-state index contributed by atoms with van der Waals surface area (Å²) in [6.45, 7) is 3.55. The number of amides is 1. The molecule has 30 heavy (non-hydrogen) atoms. The number of nitrogens with zero attached hydrogens (tertiary/aromatic N) is 3. The van der Waals surface area contributed by atoms with Crippen molar-refractivity contribution in [2.24, 2.45) is 0 Å². The molecule has 0 aliphatic carbocycles. The molecule has 0 fully saturated rings. The first-order valence-corrected chi connectivity index (χ1v) is 12.2. The summed E-state index contributed by atoms with van der Waals surface area (Å²) in [6, 6.07) is 13.2. The molecule has 10 heteroatoms. The van der Waals surface area contributed by atoms with Crippen LogP contribution in [0.25, 0.3) is 10.6 Å². The number of hydrogen-bond donors (Lipinski definition) is 1. The second-order valence-electron chi connectivity index (χ2n) is 6.66. The van der Waals surface area contributed by atoms with Crippen LogP contribution in [0.1, 0.15) is 19.4 Å². The van der Waals surface area contributed by atoms with Crippen molar-refractivity contribution in [3.8, 4) is 10.6 Å². The molecule has 158 valence electrons. The van der Waals surface area contributed by atoms with E-state index in [4.69, 9.17) is 11.6 Å². The van der Waals surface area contributed by atoms with Gasteiger partial charge in [-0.1, -0.05) is 54.1 Å². The first-order chi connectivity index (χ1) is 14.2. The van der Waals surface area contributed by atoms with Crippen molar-refractivity contribution in [2.45, 2.75) is 26.3 Å². The predicted molar refractivity (Wildman–Crippen MR) is 122 cm³/mol. The minimum absolute atomic E-state index is 0.284. The number of anilines is 2. The molecular weight excluding hydrogens is 444 g/mol. The Labute approximate surface area is 184 Å². The molecule has 0 saturated heterocycles. The fraction of sp³-hybridized carbons (Fsp3) is 0.250. The Balaban J connectivity index is 1.79. The Morgan fingerprint density at radius 2 is 1.77 bits per heavy atom. The molecule has 1 aromatic heterocycles. The van der Waals surface area contributed by atoms with Crippen molar-refractivity contribution in [1.82, 2.24) is 10.2 Å². The van der Waals surface area contributed by atoms with E-state index in [1.165, 1.54) is 18.3 Å². The molecule has 1 atom stereocenters. The average molecular weight is 465 g/mol. The molecule has 0 radical (unpaired) electrons. The first-order valence-electron chi connectivity index (χ1n) is 9.17. The van der Waals surface area contributed by atoms with Gasteiger partial charge in [0.25, 0.3) is 0 Å². The van der Waals surface area contributed by atoms with Crippen LogP contribution in [0.2, 0.25) is 5.02 Å². The van der Waals surface area contributed by atoms with Crippen LogP contribution in [-0.2, 0) is 21.2 Å². The van der Waals surface area contributed by atoms with Crippen molar-refractivity contribution in [3.05, 3.63) is 59.1 Å². The number of aromatic nitrogens is 2. The summed E-state index contributed by atoms with van der Waals surface area (Å²) < 4.78 is 25.9. The zero-order valence-electron chi connectivity index (χ0n) is 16.7. The molecule has 1 heterocycles. The summed E-state index contributed by atoms with van der Waals surface area (Å²) in [5.41, 5.74) is 2.32. The van der Waals surface area contributed by atoms with E-state index in [1.54, 1.807) is 24.3 Å². The highest BCUT2D eigenvalue weighted by Crippen LogP contribution is 2.28. The number of rotatable bonds is 7. The summed E-state index contributed by atoms with van der Waals surface area (Å²) in [6.07, 6.45) is 1.91. The van der Waals surface area contributed by atoms with Gasteiger partial charge in [-0.05, 0) is 43.2 Å². The van der Waals surface area contributed by atoms with Gasteiger partial charge in [-0.15, -0.1) is 10.2 Å². The third-order valence-corrected chi connectivity index (χ3v) is 6.82. The molecule has 0 unspecified atom stereocenters. The normalized spacial score (nSPS) is 12.4. The molecule has 1 N–H and O–H groups in total. The largest absolute Gasteiger partial charge is 0.299 e. The number of benzene rings is 2. The van der Waals surface area contributed by atoms with Gasteiger partial charge >= 0.3 is 0 Å². The third-order valence-electron chi connectivity index (χ3n) is 4.43. The zero-order valence-corrected chi connectivity index (χ0v) is 19.1. The maximum absolute atomic E-state index is 12.8. The second-order valence-corrected chi connectivity index (χ2v) is 9.94. The number of carbonyl (C=O) groups excluding carboxylic acids is 1. The van der Waals surface area contributed by atoms with Crippen LogP contribution in [0.15, 0.2) is 48.5 Å². The molecular formula is C20H21ClN4O3S2. The van der Waals surface area contributed by atoms with E-state index in [9.17, 15) is 13.2 Å². The number of nitrogens with one attached hydrogen (secondary N) is 1. The summed E-state index contributed by atoms with van der Waals surface area (Å²) in [7, 11) is -3.69. The summed E-state index contributed by atoms with van der Waals surface area (Å²) in [5.74, 6) is -0.501. The van der Waals surface area contributed by atoms with Crippen molar-refractivity contribution in [2.75, 3.05) is 15.9 Å². The Morgan fingerprint density at radius 1 is 1.13 bits per heavy atom. The SMILES string of the molecule is CCc1ccc(N([C@H](C)C(=O)Nc2nnc(-c3ccc(Cl)cc3)s2)S(C)(=O)=O)cc1. The molecule has 2 aromatic carbocycles. The monoisotopic (exact) mass is 464 g/mol. The molecule has 0 bridgehead atoms. The maximum atomic E-state index is 12.8. The van der Waals surface area contributed by atoms with E-state index in [-0.39, 0.29) is 5.13 Å². The molecule has 3 aromatic rings.